The molecule has 224 valence electrons. The lowest BCUT2D eigenvalue weighted by molar-refractivity contribution is -0.150. The van der Waals surface area contributed by atoms with Crippen molar-refractivity contribution >= 4 is 17.9 Å². The molecule has 0 spiro atoms. The number of benzene rings is 2. The molecule has 0 aromatic heterocycles. The molecule has 5 rings (SSSR count). The number of ether oxygens (including phenoxy) is 4. The predicted octanol–water partition coefficient (Wildman–Crippen LogP) is 6.97. The maximum absolute atomic E-state index is 12.8. The van der Waals surface area contributed by atoms with Crippen LogP contribution < -0.4 is 14.2 Å². The second-order valence-electron chi connectivity index (χ2n) is 12.0. The molecule has 7 heteroatoms. The summed E-state index contributed by atoms with van der Waals surface area (Å²) in [6, 6.07) is 13.0. The topological polar surface area (TPSA) is 88.1 Å². The lowest BCUT2D eigenvalue weighted by Crippen LogP contribution is -2.31. The predicted molar refractivity (Wildman–Crippen MR) is 158 cm³/mol. The van der Waals surface area contributed by atoms with E-state index in [9.17, 15) is 14.4 Å². The highest BCUT2D eigenvalue weighted by Gasteiger charge is 2.35. The molecule has 0 unspecified atom stereocenters. The first kappa shape index (κ1) is 29.9. The Morgan fingerprint density at radius 2 is 1.36 bits per heavy atom. The zero-order valence-corrected chi connectivity index (χ0v) is 24.6. The Labute approximate surface area is 248 Å². The molecule has 3 fully saturated rings. The summed E-state index contributed by atoms with van der Waals surface area (Å²) in [5.41, 5.74) is 2.13. The minimum Gasteiger partial charge on any atom is -0.497 e. The van der Waals surface area contributed by atoms with Gasteiger partial charge >= 0.3 is 17.9 Å². The van der Waals surface area contributed by atoms with Crippen molar-refractivity contribution in [2.24, 2.45) is 23.7 Å². The van der Waals surface area contributed by atoms with Crippen molar-refractivity contribution in [3.63, 3.8) is 0 Å². The van der Waals surface area contributed by atoms with Gasteiger partial charge in [-0.2, -0.15) is 0 Å². The SMILES string of the molecule is C=CC(=O)Oc1ccc(CCOC(=O)C2CCC(C3CCC(C(=O)Oc4ccc(OC)cc4)CC3)CC2)cc1C1CC1. The monoisotopic (exact) mass is 574 g/mol. The van der Waals surface area contributed by atoms with Gasteiger partial charge in [-0.25, -0.2) is 4.79 Å². The number of rotatable bonds is 11. The lowest BCUT2D eigenvalue weighted by atomic mass is 9.69. The molecule has 0 amide bonds. The van der Waals surface area contributed by atoms with Gasteiger partial charge in [0.2, 0.25) is 0 Å². The number of esters is 3. The maximum Gasteiger partial charge on any atom is 0.335 e. The molecular weight excluding hydrogens is 532 g/mol. The molecule has 0 bridgehead atoms. The van der Waals surface area contributed by atoms with Crippen LogP contribution >= 0.6 is 0 Å². The Morgan fingerprint density at radius 3 is 1.93 bits per heavy atom. The van der Waals surface area contributed by atoms with Crippen LogP contribution in [0.5, 0.6) is 17.2 Å². The summed E-state index contributed by atoms with van der Waals surface area (Å²) in [6.45, 7) is 3.82. The van der Waals surface area contributed by atoms with E-state index in [1.165, 1.54) is 6.08 Å². The van der Waals surface area contributed by atoms with Crippen molar-refractivity contribution in [2.75, 3.05) is 13.7 Å². The van der Waals surface area contributed by atoms with Gasteiger partial charge in [-0.1, -0.05) is 18.7 Å². The van der Waals surface area contributed by atoms with Crippen molar-refractivity contribution in [2.45, 2.75) is 76.5 Å². The average Bonchev–Trinajstić information content (AvgIpc) is 3.88. The number of carbonyl (C=O) groups excluding carboxylic acids is 3. The molecule has 7 nitrogen and oxygen atoms in total. The Kier molecular flexibility index (Phi) is 9.98. The van der Waals surface area contributed by atoms with Gasteiger partial charge in [-0.05, 0) is 123 Å². The first-order valence-electron chi connectivity index (χ1n) is 15.4. The van der Waals surface area contributed by atoms with E-state index in [1.54, 1.807) is 31.4 Å². The second-order valence-corrected chi connectivity index (χ2v) is 12.0. The summed E-state index contributed by atoms with van der Waals surface area (Å²) in [6.07, 6.45) is 11.6. The number of hydrogen-bond acceptors (Lipinski definition) is 7. The fraction of sp³-hybridized carbons (Fsp3) is 0.514. The molecule has 0 N–H and O–H groups in total. The van der Waals surface area contributed by atoms with Gasteiger partial charge in [-0.15, -0.1) is 0 Å². The molecule has 42 heavy (non-hydrogen) atoms. The largest absolute Gasteiger partial charge is 0.497 e. The highest BCUT2D eigenvalue weighted by Crippen LogP contribution is 2.45. The molecule has 0 atom stereocenters. The van der Waals surface area contributed by atoms with Crippen LogP contribution in [0.3, 0.4) is 0 Å². The zero-order chi connectivity index (χ0) is 29.5. The quantitative estimate of drug-likeness (QED) is 0.163. The molecule has 0 aliphatic heterocycles. The molecule has 2 aromatic carbocycles. The standard InChI is InChI=1S/C35H42O7/c1-3-33(36)42-32-19-4-23(22-31(32)26-9-10-26)20-21-40-34(37)27-11-5-24(6-12-27)25-7-13-28(14-8-25)35(38)41-30-17-15-29(39-2)16-18-30/h3-4,15-19,22,24-28H,1,5-14,20-21H2,2H3. The molecule has 3 aliphatic rings. The van der Waals surface area contributed by atoms with Gasteiger partial charge in [0.25, 0.3) is 0 Å². The molecule has 0 radical (unpaired) electrons. The summed E-state index contributed by atoms with van der Waals surface area (Å²) in [4.78, 5) is 37.2. The number of methoxy groups -OCH3 is 1. The van der Waals surface area contributed by atoms with E-state index in [2.05, 4.69) is 12.6 Å². The van der Waals surface area contributed by atoms with Crippen molar-refractivity contribution in [1.82, 2.24) is 0 Å². The van der Waals surface area contributed by atoms with E-state index in [4.69, 9.17) is 18.9 Å². The summed E-state index contributed by atoms with van der Waals surface area (Å²) in [5.74, 6) is 2.79. The fourth-order valence-corrected chi connectivity index (χ4v) is 6.59. The van der Waals surface area contributed by atoms with Crippen molar-refractivity contribution in [3.8, 4) is 17.2 Å². The second kappa shape index (κ2) is 14.0. The van der Waals surface area contributed by atoms with Gasteiger partial charge in [0.1, 0.15) is 17.2 Å². The number of hydrogen-bond donors (Lipinski definition) is 0. The first-order valence-corrected chi connectivity index (χ1v) is 15.4. The van der Waals surface area contributed by atoms with Gasteiger partial charge in [0.05, 0.1) is 25.6 Å². The van der Waals surface area contributed by atoms with Crippen molar-refractivity contribution in [1.29, 1.82) is 0 Å². The average molecular weight is 575 g/mol. The van der Waals surface area contributed by atoms with Gasteiger partial charge in [0, 0.05) is 12.5 Å². The van der Waals surface area contributed by atoms with E-state index < -0.39 is 5.97 Å². The van der Waals surface area contributed by atoms with Crippen LogP contribution in [0.25, 0.3) is 0 Å². The summed E-state index contributed by atoms with van der Waals surface area (Å²) in [7, 11) is 1.61. The smallest absolute Gasteiger partial charge is 0.335 e. The van der Waals surface area contributed by atoms with Crippen LogP contribution in [0.4, 0.5) is 0 Å². The highest BCUT2D eigenvalue weighted by atomic mass is 16.5. The molecule has 3 aliphatic carbocycles. The van der Waals surface area contributed by atoms with E-state index in [0.717, 1.165) is 81.1 Å². The van der Waals surface area contributed by atoms with Crippen LogP contribution in [0.1, 0.15) is 81.3 Å². The molecule has 3 saturated carbocycles. The van der Waals surface area contributed by atoms with Gasteiger partial charge in [-0.3, -0.25) is 9.59 Å². The summed E-state index contributed by atoms with van der Waals surface area (Å²) < 4.78 is 21.9. The maximum atomic E-state index is 12.8. The highest BCUT2D eigenvalue weighted by molar-refractivity contribution is 5.83. The van der Waals surface area contributed by atoms with Crippen LogP contribution in [-0.4, -0.2) is 31.6 Å². The summed E-state index contributed by atoms with van der Waals surface area (Å²) in [5, 5.41) is 0. The molecule has 2 aromatic rings. The van der Waals surface area contributed by atoms with Crippen LogP contribution in [0.15, 0.2) is 55.1 Å². The van der Waals surface area contributed by atoms with E-state index in [1.807, 2.05) is 12.1 Å². The minimum absolute atomic E-state index is 0.0280. The third kappa shape index (κ3) is 7.81. The van der Waals surface area contributed by atoms with Crippen molar-refractivity contribution in [3.05, 3.63) is 66.2 Å². The van der Waals surface area contributed by atoms with Crippen LogP contribution in [0.2, 0.25) is 0 Å². The number of carbonyl (C=O) groups is 3. The normalized spacial score (nSPS) is 23.8. The van der Waals surface area contributed by atoms with E-state index in [-0.39, 0.29) is 23.8 Å². The molecular formula is C35H42O7. The van der Waals surface area contributed by atoms with Crippen LogP contribution in [0, 0.1) is 23.7 Å². The molecule has 0 saturated heterocycles. The summed E-state index contributed by atoms with van der Waals surface area (Å²) >= 11 is 0. The van der Waals surface area contributed by atoms with Crippen molar-refractivity contribution < 1.29 is 33.3 Å². The van der Waals surface area contributed by atoms with E-state index in [0.29, 0.717) is 42.3 Å². The van der Waals surface area contributed by atoms with Gasteiger partial charge in [0.15, 0.2) is 0 Å². The fourth-order valence-electron chi connectivity index (χ4n) is 6.59. The molecule has 0 heterocycles. The third-order valence-corrected chi connectivity index (χ3v) is 9.26. The third-order valence-electron chi connectivity index (χ3n) is 9.26. The Morgan fingerprint density at radius 1 is 0.762 bits per heavy atom. The Bertz CT molecular complexity index is 1250. The van der Waals surface area contributed by atoms with E-state index >= 15 is 0 Å². The first-order chi connectivity index (χ1) is 20.4. The lowest BCUT2D eigenvalue weighted by Gasteiger charge is -2.36. The van der Waals surface area contributed by atoms with Crippen LogP contribution in [-0.2, 0) is 25.5 Å². The minimum atomic E-state index is -0.452. The Hall–Kier alpha value is -3.61. The zero-order valence-electron chi connectivity index (χ0n) is 24.6. The Balaban J connectivity index is 1.01. The van der Waals surface area contributed by atoms with Gasteiger partial charge < -0.3 is 18.9 Å².